The Balaban J connectivity index is 4.24. The summed E-state index contributed by atoms with van der Waals surface area (Å²) in [6.07, 6.45) is 3.68. The first-order chi connectivity index (χ1) is 9.31. The fourth-order valence-electron chi connectivity index (χ4n) is 1.88. The van der Waals surface area contributed by atoms with Crippen LogP contribution in [0.2, 0.25) is 0 Å². The van der Waals surface area contributed by atoms with Crippen molar-refractivity contribution in [3.8, 4) is 0 Å². The van der Waals surface area contributed by atoms with E-state index in [1.54, 1.807) is 6.92 Å². The van der Waals surface area contributed by atoms with Gasteiger partial charge in [-0.1, -0.05) is 13.8 Å². The minimum atomic E-state index is -0.274. The Bertz CT molecular complexity index is 283. The zero-order chi connectivity index (χ0) is 15.6. The van der Waals surface area contributed by atoms with Crippen molar-refractivity contribution in [1.82, 2.24) is 5.32 Å². The molecule has 4 heteroatoms. The predicted molar refractivity (Wildman–Crippen MR) is 83.1 cm³/mol. The number of hydrogen-bond acceptors (Lipinski definition) is 4. The largest absolute Gasteiger partial charge is 0.375 e. The number of rotatable bonds is 12. The highest BCUT2D eigenvalue weighted by Crippen LogP contribution is 2.24. The highest BCUT2D eigenvalue weighted by atomic mass is 16.5. The lowest BCUT2D eigenvalue weighted by atomic mass is 9.97. The lowest BCUT2D eigenvalue weighted by Crippen LogP contribution is -2.36. The van der Waals surface area contributed by atoms with Gasteiger partial charge in [0, 0.05) is 0 Å². The first-order valence-corrected chi connectivity index (χ1v) is 7.73. The monoisotopic (exact) mass is 287 g/mol. The van der Waals surface area contributed by atoms with Gasteiger partial charge in [0.2, 0.25) is 0 Å². The van der Waals surface area contributed by atoms with Crippen molar-refractivity contribution < 1.29 is 14.3 Å². The predicted octanol–water partition coefficient (Wildman–Crippen LogP) is 2.95. The Kier molecular flexibility index (Phi) is 9.27. The molecular weight excluding hydrogens is 254 g/mol. The van der Waals surface area contributed by atoms with E-state index < -0.39 is 0 Å². The second kappa shape index (κ2) is 9.48. The zero-order valence-corrected chi connectivity index (χ0v) is 14.2. The molecule has 4 nitrogen and oxygen atoms in total. The Morgan fingerprint density at radius 3 is 2.05 bits per heavy atom. The quantitative estimate of drug-likeness (QED) is 0.599. The van der Waals surface area contributed by atoms with E-state index in [0.29, 0.717) is 6.61 Å². The number of Topliss-reactive ketones (excluding diaryl/α,β-unsaturated/α-hetero) is 1. The molecular formula is C16H33NO3. The van der Waals surface area contributed by atoms with E-state index in [2.05, 4.69) is 33.0 Å². The van der Waals surface area contributed by atoms with E-state index in [1.807, 2.05) is 7.05 Å². The van der Waals surface area contributed by atoms with Crippen LogP contribution >= 0.6 is 0 Å². The molecule has 2 unspecified atom stereocenters. The lowest BCUT2D eigenvalue weighted by molar-refractivity contribution is -0.132. The summed E-state index contributed by atoms with van der Waals surface area (Å²) in [5, 5.41) is 3.17. The topological polar surface area (TPSA) is 47.6 Å². The van der Waals surface area contributed by atoms with Crippen LogP contribution in [0.3, 0.4) is 0 Å². The van der Waals surface area contributed by atoms with E-state index >= 15 is 0 Å². The lowest BCUT2D eigenvalue weighted by Gasteiger charge is -2.33. The summed E-state index contributed by atoms with van der Waals surface area (Å²) in [4.78, 5) is 11.0. The standard InChI is InChI=1S/C16H33NO3/c1-7-15(4,9-11-17-6)19-12-10-16(5,8-2)20-13-14(3)18/h17H,7-13H2,1-6H3. The van der Waals surface area contributed by atoms with Crippen molar-refractivity contribution in [2.24, 2.45) is 0 Å². The summed E-state index contributed by atoms with van der Waals surface area (Å²) in [7, 11) is 1.96. The summed E-state index contributed by atoms with van der Waals surface area (Å²) < 4.78 is 11.8. The second-order valence-electron chi connectivity index (χ2n) is 6.05. The minimum Gasteiger partial charge on any atom is -0.375 e. The van der Waals surface area contributed by atoms with Gasteiger partial charge in [-0.3, -0.25) is 4.79 Å². The van der Waals surface area contributed by atoms with Gasteiger partial charge in [0.15, 0.2) is 5.78 Å². The van der Waals surface area contributed by atoms with Crippen molar-refractivity contribution in [1.29, 1.82) is 0 Å². The van der Waals surface area contributed by atoms with Crippen LogP contribution in [0.25, 0.3) is 0 Å². The van der Waals surface area contributed by atoms with Crippen molar-refractivity contribution in [3.63, 3.8) is 0 Å². The summed E-state index contributed by atoms with van der Waals surface area (Å²) >= 11 is 0. The van der Waals surface area contributed by atoms with Crippen LogP contribution in [0.4, 0.5) is 0 Å². The third-order valence-corrected chi connectivity index (χ3v) is 4.10. The van der Waals surface area contributed by atoms with Crippen LogP contribution < -0.4 is 5.32 Å². The molecule has 20 heavy (non-hydrogen) atoms. The average Bonchev–Trinajstić information content (AvgIpc) is 2.43. The molecule has 0 aromatic carbocycles. The maximum absolute atomic E-state index is 11.0. The van der Waals surface area contributed by atoms with E-state index in [9.17, 15) is 4.79 Å². The van der Waals surface area contributed by atoms with Crippen molar-refractivity contribution in [2.45, 2.75) is 71.5 Å². The molecule has 0 aliphatic rings. The van der Waals surface area contributed by atoms with Gasteiger partial charge in [-0.2, -0.15) is 0 Å². The number of ether oxygens (including phenoxy) is 2. The number of hydrogen-bond donors (Lipinski definition) is 1. The number of ketones is 1. The fraction of sp³-hybridized carbons (Fsp3) is 0.938. The Hall–Kier alpha value is -0.450. The SMILES string of the molecule is CCC(C)(CCNC)OCCC(C)(CC)OCC(C)=O. The molecule has 0 amide bonds. The van der Waals surface area contributed by atoms with Crippen LogP contribution in [-0.4, -0.2) is 43.8 Å². The molecule has 120 valence electrons. The normalized spacial score (nSPS) is 17.5. The number of nitrogens with one attached hydrogen (secondary N) is 1. The molecule has 0 bridgehead atoms. The first kappa shape index (κ1) is 19.6. The van der Waals surface area contributed by atoms with Crippen LogP contribution in [-0.2, 0) is 14.3 Å². The highest BCUT2D eigenvalue weighted by molar-refractivity contribution is 5.76. The summed E-state index contributed by atoms with van der Waals surface area (Å²) in [6, 6.07) is 0. The second-order valence-corrected chi connectivity index (χ2v) is 6.05. The summed E-state index contributed by atoms with van der Waals surface area (Å²) in [5.74, 6) is 0.0676. The Labute approximate surface area is 124 Å². The molecule has 0 aliphatic heterocycles. The maximum atomic E-state index is 11.0. The molecule has 0 aliphatic carbocycles. The van der Waals surface area contributed by atoms with Gasteiger partial charge in [-0.05, 0) is 60.0 Å². The third kappa shape index (κ3) is 7.98. The molecule has 0 heterocycles. The van der Waals surface area contributed by atoms with E-state index in [-0.39, 0.29) is 23.6 Å². The Morgan fingerprint density at radius 2 is 1.60 bits per heavy atom. The van der Waals surface area contributed by atoms with Gasteiger partial charge in [0.25, 0.3) is 0 Å². The van der Waals surface area contributed by atoms with Crippen LogP contribution in [0.15, 0.2) is 0 Å². The number of carbonyl (C=O) groups is 1. The molecule has 0 fully saturated rings. The van der Waals surface area contributed by atoms with E-state index in [0.717, 1.165) is 32.2 Å². The van der Waals surface area contributed by atoms with Gasteiger partial charge in [-0.25, -0.2) is 0 Å². The average molecular weight is 287 g/mol. The van der Waals surface area contributed by atoms with Crippen molar-refractivity contribution in [3.05, 3.63) is 0 Å². The van der Waals surface area contributed by atoms with Gasteiger partial charge in [-0.15, -0.1) is 0 Å². The summed E-state index contributed by atoms with van der Waals surface area (Å²) in [6.45, 7) is 11.8. The summed E-state index contributed by atoms with van der Waals surface area (Å²) in [5.41, 5.74) is -0.360. The molecule has 0 saturated heterocycles. The fourth-order valence-corrected chi connectivity index (χ4v) is 1.88. The van der Waals surface area contributed by atoms with Crippen molar-refractivity contribution in [2.75, 3.05) is 26.8 Å². The van der Waals surface area contributed by atoms with Gasteiger partial charge < -0.3 is 14.8 Å². The molecule has 0 aromatic rings. The zero-order valence-electron chi connectivity index (χ0n) is 14.2. The molecule has 0 rings (SSSR count). The smallest absolute Gasteiger partial charge is 0.155 e. The van der Waals surface area contributed by atoms with Gasteiger partial charge >= 0.3 is 0 Å². The molecule has 0 spiro atoms. The van der Waals surface area contributed by atoms with Gasteiger partial charge in [0.05, 0.1) is 17.8 Å². The van der Waals surface area contributed by atoms with Crippen LogP contribution in [0.5, 0.6) is 0 Å². The highest BCUT2D eigenvalue weighted by Gasteiger charge is 2.27. The van der Waals surface area contributed by atoms with Crippen molar-refractivity contribution >= 4 is 5.78 Å². The van der Waals surface area contributed by atoms with E-state index in [4.69, 9.17) is 9.47 Å². The minimum absolute atomic E-state index is 0.0676. The molecule has 0 saturated carbocycles. The molecule has 0 radical (unpaired) electrons. The van der Waals surface area contributed by atoms with Gasteiger partial charge in [0.1, 0.15) is 6.61 Å². The maximum Gasteiger partial charge on any atom is 0.155 e. The number of carbonyl (C=O) groups excluding carboxylic acids is 1. The molecule has 0 aromatic heterocycles. The van der Waals surface area contributed by atoms with Crippen LogP contribution in [0, 0.1) is 0 Å². The molecule has 1 N–H and O–H groups in total. The molecule has 2 atom stereocenters. The first-order valence-electron chi connectivity index (χ1n) is 7.73. The van der Waals surface area contributed by atoms with E-state index in [1.165, 1.54) is 0 Å². The van der Waals surface area contributed by atoms with Crippen LogP contribution in [0.1, 0.15) is 60.3 Å². The third-order valence-electron chi connectivity index (χ3n) is 4.10. The Morgan fingerprint density at radius 1 is 1.05 bits per heavy atom.